The first kappa shape index (κ1) is 12.2. The molecule has 4 heteroatoms. The highest BCUT2D eigenvalue weighted by Gasteiger charge is 2.17. The van der Waals surface area contributed by atoms with Crippen LogP contribution in [-0.2, 0) is 11.3 Å². The van der Waals surface area contributed by atoms with Gasteiger partial charge in [0.15, 0.2) is 0 Å². The number of anilines is 1. The number of benzene rings is 1. The molecule has 1 fully saturated rings. The molecule has 1 aliphatic rings. The Morgan fingerprint density at radius 3 is 3.00 bits per heavy atom. The van der Waals surface area contributed by atoms with Crippen molar-refractivity contribution in [2.75, 3.05) is 32.5 Å². The molecule has 0 aromatic heterocycles. The summed E-state index contributed by atoms with van der Waals surface area (Å²) in [6, 6.07) is 5.86. The smallest absolute Gasteiger partial charge is 0.120 e. The Hall–Kier alpha value is -1.26. The van der Waals surface area contributed by atoms with Crippen molar-refractivity contribution in [3.8, 4) is 5.75 Å². The van der Waals surface area contributed by atoms with Crippen LogP contribution in [0.1, 0.15) is 12.5 Å². The van der Waals surface area contributed by atoms with Gasteiger partial charge >= 0.3 is 0 Å². The second kappa shape index (κ2) is 5.38. The largest absolute Gasteiger partial charge is 0.497 e. The lowest BCUT2D eigenvalue weighted by Crippen LogP contribution is -2.40. The first-order valence-corrected chi connectivity index (χ1v) is 5.95. The maximum atomic E-state index is 6.01. The highest BCUT2D eigenvalue weighted by atomic mass is 16.5. The average Bonchev–Trinajstić information content (AvgIpc) is 2.32. The predicted molar refractivity (Wildman–Crippen MR) is 68.1 cm³/mol. The zero-order chi connectivity index (χ0) is 12.3. The number of hydrogen-bond acceptors (Lipinski definition) is 4. The molecule has 1 aromatic carbocycles. The standard InChI is InChI=1S/C13H20N2O2/c1-10-8-15(5-6-17-10)9-11-3-4-12(16-2)7-13(11)14/h3-4,7,10H,5-6,8-9,14H2,1-2H3. The van der Waals surface area contributed by atoms with Crippen LogP contribution in [0.15, 0.2) is 18.2 Å². The zero-order valence-corrected chi connectivity index (χ0v) is 10.5. The van der Waals surface area contributed by atoms with Gasteiger partial charge in [0.2, 0.25) is 0 Å². The molecule has 0 radical (unpaired) electrons. The van der Waals surface area contributed by atoms with Crippen molar-refractivity contribution in [1.82, 2.24) is 4.90 Å². The van der Waals surface area contributed by atoms with Crippen LogP contribution in [0.2, 0.25) is 0 Å². The molecule has 1 heterocycles. The summed E-state index contributed by atoms with van der Waals surface area (Å²) in [5.74, 6) is 0.807. The number of ether oxygens (including phenoxy) is 2. The van der Waals surface area contributed by atoms with Crippen molar-refractivity contribution in [3.63, 3.8) is 0 Å². The minimum atomic E-state index is 0.309. The summed E-state index contributed by atoms with van der Waals surface area (Å²) in [5.41, 5.74) is 7.96. The van der Waals surface area contributed by atoms with E-state index in [-0.39, 0.29) is 0 Å². The minimum Gasteiger partial charge on any atom is -0.497 e. The number of nitrogens with zero attached hydrogens (tertiary/aromatic N) is 1. The Morgan fingerprint density at radius 2 is 2.35 bits per heavy atom. The monoisotopic (exact) mass is 236 g/mol. The van der Waals surface area contributed by atoms with Gasteiger partial charge in [-0.2, -0.15) is 0 Å². The molecule has 1 saturated heterocycles. The van der Waals surface area contributed by atoms with Crippen LogP contribution in [0.3, 0.4) is 0 Å². The summed E-state index contributed by atoms with van der Waals surface area (Å²) in [6.07, 6.45) is 0.309. The molecule has 2 N–H and O–H groups in total. The maximum Gasteiger partial charge on any atom is 0.120 e. The van der Waals surface area contributed by atoms with Gasteiger partial charge < -0.3 is 15.2 Å². The summed E-state index contributed by atoms with van der Waals surface area (Å²) in [4.78, 5) is 2.37. The lowest BCUT2D eigenvalue weighted by Gasteiger charge is -2.31. The van der Waals surface area contributed by atoms with E-state index < -0.39 is 0 Å². The van der Waals surface area contributed by atoms with Crippen molar-refractivity contribution in [2.24, 2.45) is 0 Å². The summed E-state index contributed by atoms with van der Waals surface area (Å²) in [6.45, 7) is 5.71. The van der Waals surface area contributed by atoms with E-state index in [1.165, 1.54) is 0 Å². The maximum absolute atomic E-state index is 6.01. The third-order valence-electron chi connectivity index (χ3n) is 3.07. The van der Waals surface area contributed by atoms with Crippen LogP contribution in [-0.4, -0.2) is 37.8 Å². The lowest BCUT2D eigenvalue weighted by atomic mass is 10.1. The van der Waals surface area contributed by atoms with Gasteiger partial charge in [-0.25, -0.2) is 0 Å². The number of rotatable bonds is 3. The van der Waals surface area contributed by atoms with Gasteiger partial charge in [-0.3, -0.25) is 4.90 Å². The molecule has 4 nitrogen and oxygen atoms in total. The number of methoxy groups -OCH3 is 1. The molecule has 0 bridgehead atoms. The van der Waals surface area contributed by atoms with Gasteiger partial charge in [-0.15, -0.1) is 0 Å². The van der Waals surface area contributed by atoms with E-state index in [4.69, 9.17) is 15.2 Å². The van der Waals surface area contributed by atoms with Crippen LogP contribution in [0, 0.1) is 0 Å². The Balaban J connectivity index is 2.02. The SMILES string of the molecule is COc1ccc(CN2CCOC(C)C2)c(N)c1. The predicted octanol–water partition coefficient (Wildman–Crippen LogP) is 1.50. The van der Waals surface area contributed by atoms with Crippen LogP contribution >= 0.6 is 0 Å². The van der Waals surface area contributed by atoms with E-state index in [2.05, 4.69) is 11.8 Å². The fourth-order valence-electron chi connectivity index (χ4n) is 2.12. The van der Waals surface area contributed by atoms with Crippen LogP contribution in [0.25, 0.3) is 0 Å². The summed E-state index contributed by atoms with van der Waals surface area (Å²) in [5, 5.41) is 0. The number of nitrogen functional groups attached to an aromatic ring is 1. The Morgan fingerprint density at radius 1 is 1.53 bits per heavy atom. The van der Waals surface area contributed by atoms with Crippen LogP contribution in [0.4, 0.5) is 5.69 Å². The van der Waals surface area contributed by atoms with E-state index >= 15 is 0 Å². The Bertz CT molecular complexity index is 382. The van der Waals surface area contributed by atoms with Crippen LogP contribution in [0.5, 0.6) is 5.75 Å². The van der Waals surface area contributed by atoms with E-state index in [9.17, 15) is 0 Å². The van der Waals surface area contributed by atoms with Crippen molar-refractivity contribution in [2.45, 2.75) is 19.6 Å². The van der Waals surface area contributed by atoms with E-state index in [0.29, 0.717) is 6.10 Å². The second-order valence-electron chi connectivity index (χ2n) is 4.48. The highest BCUT2D eigenvalue weighted by molar-refractivity contribution is 5.51. The fourth-order valence-corrected chi connectivity index (χ4v) is 2.12. The molecule has 1 unspecified atom stereocenters. The molecule has 0 aliphatic carbocycles. The first-order valence-electron chi connectivity index (χ1n) is 5.95. The van der Waals surface area contributed by atoms with E-state index in [0.717, 1.165) is 43.2 Å². The molecule has 17 heavy (non-hydrogen) atoms. The lowest BCUT2D eigenvalue weighted by molar-refractivity contribution is -0.0211. The molecule has 1 atom stereocenters. The molecular formula is C13H20N2O2. The van der Waals surface area contributed by atoms with E-state index in [1.807, 2.05) is 18.2 Å². The van der Waals surface area contributed by atoms with Crippen molar-refractivity contribution < 1.29 is 9.47 Å². The molecular weight excluding hydrogens is 216 g/mol. The number of morpholine rings is 1. The van der Waals surface area contributed by atoms with Crippen LogP contribution < -0.4 is 10.5 Å². The topological polar surface area (TPSA) is 47.7 Å². The Labute approximate surface area is 102 Å². The molecule has 0 saturated carbocycles. The number of nitrogens with two attached hydrogens (primary N) is 1. The summed E-state index contributed by atoms with van der Waals surface area (Å²) in [7, 11) is 1.65. The van der Waals surface area contributed by atoms with Gasteiger partial charge in [-0.1, -0.05) is 6.07 Å². The van der Waals surface area contributed by atoms with Crippen molar-refractivity contribution in [1.29, 1.82) is 0 Å². The van der Waals surface area contributed by atoms with Gasteiger partial charge in [0.05, 0.1) is 19.8 Å². The molecule has 2 rings (SSSR count). The number of hydrogen-bond donors (Lipinski definition) is 1. The third-order valence-corrected chi connectivity index (χ3v) is 3.07. The zero-order valence-electron chi connectivity index (χ0n) is 10.5. The van der Waals surface area contributed by atoms with Gasteiger partial charge in [-0.05, 0) is 18.6 Å². The molecule has 0 amide bonds. The molecule has 94 valence electrons. The summed E-state index contributed by atoms with van der Waals surface area (Å²) >= 11 is 0. The quantitative estimate of drug-likeness (QED) is 0.808. The van der Waals surface area contributed by atoms with E-state index in [1.54, 1.807) is 7.11 Å². The average molecular weight is 236 g/mol. The Kier molecular flexibility index (Phi) is 3.86. The molecule has 0 spiro atoms. The van der Waals surface area contributed by atoms with Gasteiger partial charge in [0, 0.05) is 31.4 Å². The van der Waals surface area contributed by atoms with Crippen molar-refractivity contribution in [3.05, 3.63) is 23.8 Å². The third kappa shape index (κ3) is 3.11. The van der Waals surface area contributed by atoms with Gasteiger partial charge in [0.25, 0.3) is 0 Å². The highest BCUT2D eigenvalue weighted by Crippen LogP contribution is 2.21. The fraction of sp³-hybridized carbons (Fsp3) is 0.538. The first-order chi connectivity index (χ1) is 8.19. The summed E-state index contributed by atoms with van der Waals surface area (Å²) < 4.78 is 10.7. The van der Waals surface area contributed by atoms with Crippen molar-refractivity contribution >= 4 is 5.69 Å². The minimum absolute atomic E-state index is 0.309. The normalized spacial score (nSPS) is 21.4. The molecule has 1 aromatic rings. The second-order valence-corrected chi connectivity index (χ2v) is 4.48. The molecule has 1 aliphatic heterocycles. The van der Waals surface area contributed by atoms with Gasteiger partial charge in [0.1, 0.15) is 5.75 Å².